The van der Waals surface area contributed by atoms with E-state index in [4.69, 9.17) is 5.11 Å². The van der Waals surface area contributed by atoms with Crippen LogP contribution in [0.15, 0.2) is 0 Å². The molecule has 3 N–H and O–H groups in total. The number of hydrogen-bond acceptors (Lipinski definition) is 3. The second-order valence-corrected chi connectivity index (χ2v) is 5.23. The third-order valence-corrected chi connectivity index (χ3v) is 3.69. The summed E-state index contributed by atoms with van der Waals surface area (Å²) in [6.07, 6.45) is 3.70. The number of carboxylic acid groups (broad SMARTS) is 1. The van der Waals surface area contributed by atoms with Gasteiger partial charge in [0.05, 0.1) is 0 Å². The summed E-state index contributed by atoms with van der Waals surface area (Å²) in [5.41, 5.74) is 0. The predicted molar refractivity (Wildman–Crippen MR) is 73.1 cm³/mol. The molecule has 1 fully saturated rings. The van der Waals surface area contributed by atoms with Crippen LogP contribution in [0.5, 0.6) is 0 Å². The quantitative estimate of drug-likeness (QED) is 0.670. The summed E-state index contributed by atoms with van der Waals surface area (Å²) in [7, 11) is 2.12. The summed E-state index contributed by atoms with van der Waals surface area (Å²) in [5.74, 6) is -0.328. The van der Waals surface area contributed by atoms with Gasteiger partial charge in [-0.1, -0.05) is 6.92 Å². The standard InChI is InChI=1S/C13H25N3O3/c1-3-11(12(17)18)15-13(19)14-7-4-10-5-8-16(2)9-6-10/h10-11H,3-9H2,1-2H3,(H,17,18)(H2,14,15,19). The van der Waals surface area contributed by atoms with Crippen LogP contribution >= 0.6 is 0 Å². The topological polar surface area (TPSA) is 81.7 Å². The monoisotopic (exact) mass is 271 g/mol. The van der Waals surface area contributed by atoms with E-state index in [-0.39, 0.29) is 6.03 Å². The summed E-state index contributed by atoms with van der Waals surface area (Å²) in [6.45, 7) is 4.58. The minimum absolute atomic E-state index is 0.387. The highest BCUT2D eigenvalue weighted by Crippen LogP contribution is 2.18. The lowest BCUT2D eigenvalue weighted by molar-refractivity contribution is -0.139. The lowest BCUT2D eigenvalue weighted by Crippen LogP contribution is -2.46. The van der Waals surface area contributed by atoms with Crippen LogP contribution in [0.2, 0.25) is 0 Å². The van der Waals surface area contributed by atoms with Crippen LogP contribution in [0.25, 0.3) is 0 Å². The Bertz CT molecular complexity index is 302. The maximum absolute atomic E-state index is 11.5. The van der Waals surface area contributed by atoms with Gasteiger partial charge >= 0.3 is 12.0 Å². The molecule has 19 heavy (non-hydrogen) atoms. The average molecular weight is 271 g/mol. The number of urea groups is 1. The number of nitrogens with zero attached hydrogens (tertiary/aromatic N) is 1. The van der Waals surface area contributed by atoms with Gasteiger partial charge < -0.3 is 20.6 Å². The van der Waals surface area contributed by atoms with E-state index in [1.165, 1.54) is 12.8 Å². The molecule has 0 aromatic rings. The van der Waals surface area contributed by atoms with Crippen molar-refractivity contribution in [2.45, 2.75) is 38.6 Å². The molecule has 1 heterocycles. The van der Waals surface area contributed by atoms with Crippen LogP contribution in [0.1, 0.15) is 32.6 Å². The Hall–Kier alpha value is -1.30. The fraction of sp³-hybridized carbons (Fsp3) is 0.846. The molecule has 0 aliphatic carbocycles. The van der Waals surface area contributed by atoms with Gasteiger partial charge in [0.1, 0.15) is 6.04 Å². The molecule has 0 aromatic heterocycles. The summed E-state index contributed by atoms with van der Waals surface area (Å²) < 4.78 is 0. The molecule has 0 radical (unpaired) electrons. The number of nitrogens with one attached hydrogen (secondary N) is 2. The Balaban J connectivity index is 2.15. The van der Waals surface area contributed by atoms with E-state index in [0.29, 0.717) is 18.9 Å². The molecule has 1 rings (SSSR count). The molecule has 1 aliphatic heterocycles. The zero-order chi connectivity index (χ0) is 14.3. The Morgan fingerprint density at radius 1 is 1.37 bits per heavy atom. The summed E-state index contributed by atoms with van der Waals surface area (Å²) >= 11 is 0. The number of rotatable bonds is 6. The van der Waals surface area contributed by atoms with Crippen molar-refractivity contribution in [3.63, 3.8) is 0 Å². The summed E-state index contributed by atoms with van der Waals surface area (Å²) in [4.78, 5) is 24.6. The molecule has 0 spiro atoms. The average Bonchev–Trinajstić information content (AvgIpc) is 2.38. The number of amides is 2. The van der Waals surface area contributed by atoms with Crippen LogP contribution < -0.4 is 10.6 Å². The minimum Gasteiger partial charge on any atom is -0.480 e. The number of carboxylic acids is 1. The van der Waals surface area contributed by atoms with E-state index in [2.05, 4.69) is 22.6 Å². The van der Waals surface area contributed by atoms with Crippen molar-refractivity contribution < 1.29 is 14.7 Å². The molecule has 0 saturated carbocycles. The predicted octanol–water partition coefficient (Wildman–Crippen LogP) is 0.881. The van der Waals surface area contributed by atoms with Crippen molar-refractivity contribution in [2.24, 2.45) is 5.92 Å². The molecule has 1 atom stereocenters. The van der Waals surface area contributed by atoms with Gasteiger partial charge in [0.25, 0.3) is 0 Å². The van der Waals surface area contributed by atoms with Crippen LogP contribution in [-0.2, 0) is 4.79 Å². The van der Waals surface area contributed by atoms with Crippen molar-refractivity contribution in [1.29, 1.82) is 0 Å². The number of piperidine rings is 1. The number of hydrogen-bond donors (Lipinski definition) is 3. The minimum atomic E-state index is -0.993. The molecule has 0 bridgehead atoms. The van der Waals surface area contributed by atoms with Crippen molar-refractivity contribution in [3.05, 3.63) is 0 Å². The molecule has 6 nitrogen and oxygen atoms in total. The van der Waals surface area contributed by atoms with Crippen LogP contribution in [0, 0.1) is 5.92 Å². The highest BCUT2D eigenvalue weighted by molar-refractivity contribution is 5.82. The summed E-state index contributed by atoms with van der Waals surface area (Å²) in [6, 6.07) is -1.19. The van der Waals surface area contributed by atoms with E-state index in [9.17, 15) is 9.59 Å². The fourth-order valence-electron chi connectivity index (χ4n) is 2.29. The van der Waals surface area contributed by atoms with Crippen molar-refractivity contribution >= 4 is 12.0 Å². The second-order valence-electron chi connectivity index (χ2n) is 5.23. The first kappa shape index (κ1) is 15.8. The second kappa shape index (κ2) is 7.99. The Kier molecular flexibility index (Phi) is 6.62. The maximum atomic E-state index is 11.5. The number of carbonyl (C=O) groups excluding carboxylic acids is 1. The highest BCUT2D eigenvalue weighted by Gasteiger charge is 2.18. The lowest BCUT2D eigenvalue weighted by atomic mass is 9.94. The van der Waals surface area contributed by atoms with Crippen molar-refractivity contribution in [2.75, 3.05) is 26.7 Å². The van der Waals surface area contributed by atoms with Gasteiger partial charge in [-0.3, -0.25) is 0 Å². The van der Waals surface area contributed by atoms with Crippen molar-refractivity contribution in [3.8, 4) is 0 Å². The zero-order valence-electron chi connectivity index (χ0n) is 11.8. The van der Waals surface area contributed by atoms with Gasteiger partial charge in [-0.05, 0) is 51.7 Å². The SMILES string of the molecule is CCC(NC(=O)NCCC1CCN(C)CC1)C(=O)O. The molecular formula is C13H25N3O3. The van der Waals surface area contributed by atoms with Crippen LogP contribution in [0.4, 0.5) is 4.79 Å². The molecule has 1 aliphatic rings. The van der Waals surface area contributed by atoms with Gasteiger partial charge in [-0.25, -0.2) is 9.59 Å². The van der Waals surface area contributed by atoms with Gasteiger partial charge in [0.15, 0.2) is 0 Å². The number of likely N-dealkylation sites (tertiary alicyclic amines) is 1. The van der Waals surface area contributed by atoms with E-state index in [1.807, 2.05) is 0 Å². The van der Waals surface area contributed by atoms with Crippen LogP contribution in [-0.4, -0.2) is 54.7 Å². The Morgan fingerprint density at radius 3 is 2.53 bits per heavy atom. The van der Waals surface area contributed by atoms with E-state index in [0.717, 1.165) is 19.5 Å². The number of carbonyl (C=O) groups is 2. The molecule has 6 heteroatoms. The largest absolute Gasteiger partial charge is 0.480 e. The lowest BCUT2D eigenvalue weighted by Gasteiger charge is -2.28. The molecule has 0 aromatic carbocycles. The first-order chi connectivity index (χ1) is 9.02. The molecule has 110 valence electrons. The first-order valence-electron chi connectivity index (χ1n) is 6.98. The van der Waals surface area contributed by atoms with Gasteiger partial charge in [0, 0.05) is 6.54 Å². The van der Waals surface area contributed by atoms with Gasteiger partial charge in [0.2, 0.25) is 0 Å². The number of aliphatic carboxylic acids is 1. The summed E-state index contributed by atoms with van der Waals surface area (Å²) in [5, 5.41) is 14.0. The molecule has 2 amide bonds. The van der Waals surface area contributed by atoms with Gasteiger partial charge in [-0.15, -0.1) is 0 Å². The van der Waals surface area contributed by atoms with Crippen molar-refractivity contribution in [1.82, 2.24) is 15.5 Å². The zero-order valence-corrected chi connectivity index (χ0v) is 11.8. The Labute approximate surface area is 114 Å². The molecule has 1 saturated heterocycles. The van der Waals surface area contributed by atoms with E-state index >= 15 is 0 Å². The van der Waals surface area contributed by atoms with Gasteiger partial charge in [-0.2, -0.15) is 0 Å². The first-order valence-corrected chi connectivity index (χ1v) is 6.98. The highest BCUT2D eigenvalue weighted by atomic mass is 16.4. The maximum Gasteiger partial charge on any atom is 0.326 e. The molecular weight excluding hydrogens is 246 g/mol. The molecule has 1 unspecified atom stereocenters. The third kappa shape index (κ3) is 5.92. The fourth-order valence-corrected chi connectivity index (χ4v) is 2.29. The van der Waals surface area contributed by atoms with Crippen LogP contribution in [0.3, 0.4) is 0 Å². The van der Waals surface area contributed by atoms with E-state index in [1.54, 1.807) is 6.92 Å². The van der Waals surface area contributed by atoms with E-state index < -0.39 is 12.0 Å². The third-order valence-electron chi connectivity index (χ3n) is 3.69. The smallest absolute Gasteiger partial charge is 0.326 e. The Morgan fingerprint density at radius 2 is 2.00 bits per heavy atom. The normalized spacial score (nSPS) is 18.8.